The maximum Gasteiger partial charge on any atom is 0.422 e. The first kappa shape index (κ1) is 26.2. The molecule has 1 aromatic carbocycles. The van der Waals surface area contributed by atoms with Crippen LogP contribution in [0, 0.1) is 5.92 Å². The molecule has 2 aromatic rings. The summed E-state index contributed by atoms with van der Waals surface area (Å²) in [5.74, 6) is -0.880. The zero-order chi connectivity index (χ0) is 26.2. The van der Waals surface area contributed by atoms with E-state index in [-0.39, 0.29) is 24.8 Å². The first-order valence-corrected chi connectivity index (χ1v) is 12.7. The first-order chi connectivity index (χ1) is 17.0. The molecule has 2 unspecified atom stereocenters. The van der Waals surface area contributed by atoms with E-state index >= 15 is 0 Å². The quantitative estimate of drug-likeness (QED) is 0.278. The standard InChI is InChI=1S/C27H31BrN2O6/c1-6-16-12-18-17-8-7-9-20-24(17)19(13-21(18)29(5)14-16)25(28)30(20)26(33)35-15-34-22(31)10-11-23(32)36-27(2,3)4/h6-9,12,16,21H,1,10-11,13-15H2,2-5H3. The van der Waals surface area contributed by atoms with Gasteiger partial charge in [-0.3, -0.25) is 14.5 Å². The van der Waals surface area contributed by atoms with Crippen LogP contribution in [0.4, 0.5) is 4.79 Å². The van der Waals surface area contributed by atoms with E-state index in [1.54, 1.807) is 20.8 Å². The minimum Gasteiger partial charge on any atom is -0.460 e. The number of esters is 2. The van der Waals surface area contributed by atoms with E-state index in [9.17, 15) is 14.4 Å². The number of hydrogen-bond donors (Lipinski definition) is 0. The normalized spacial score (nSPS) is 19.3. The van der Waals surface area contributed by atoms with Crippen molar-refractivity contribution in [3.05, 3.63) is 52.7 Å². The minimum atomic E-state index is -0.661. The number of benzene rings is 1. The molecule has 0 bridgehead atoms. The van der Waals surface area contributed by atoms with E-state index in [0.29, 0.717) is 4.60 Å². The van der Waals surface area contributed by atoms with Gasteiger partial charge in [-0.2, -0.15) is 0 Å². The molecule has 0 N–H and O–H groups in total. The third-order valence-corrected chi connectivity index (χ3v) is 7.20. The molecule has 8 nitrogen and oxygen atoms in total. The van der Waals surface area contributed by atoms with Crippen molar-refractivity contribution in [2.75, 3.05) is 20.4 Å². The Balaban J connectivity index is 1.47. The summed E-state index contributed by atoms with van der Waals surface area (Å²) in [6.07, 6.45) is 4.05. The smallest absolute Gasteiger partial charge is 0.422 e. The molecule has 192 valence electrons. The van der Waals surface area contributed by atoms with Crippen LogP contribution < -0.4 is 0 Å². The molecule has 1 aliphatic carbocycles. The van der Waals surface area contributed by atoms with Gasteiger partial charge >= 0.3 is 18.0 Å². The molecule has 2 atom stereocenters. The van der Waals surface area contributed by atoms with E-state index in [1.165, 1.54) is 10.1 Å². The summed E-state index contributed by atoms with van der Waals surface area (Å²) in [4.78, 5) is 39.1. The second-order valence-electron chi connectivity index (χ2n) is 10.1. The number of halogens is 1. The van der Waals surface area contributed by atoms with Crippen molar-refractivity contribution in [1.82, 2.24) is 9.47 Å². The Kier molecular flexibility index (Phi) is 7.43. The van der Waals surface area contributed by atoms with Gasteiger partial charge in [0.1, 0.15) is 5.60 Å². The van der Waals surface area contributed by atoms with Crippen molar-refractivity contribution >= 4 is 50.4 Å². The molecule has 0 spiro atoms. The fourth-order valence-electron chi connectivity index (χ4n) is 4.83. The van der Waals surface area contributed by atoms with Crippen molar-refractivity contribution in [3.8, 4) is 0 Å². The number of fused-ring (bicyclic) bond motifs is 2. The van der Waals surface area contributed by atoms with Crippen LogP contribution in [0.25, 0.3) is 16.5 Å². The first-order valence-electron chi connectivity index (χ1n) is 11.9. The highest BCUT2D eigenvalue weighted by Gasteiger charge is 2.36. The summed E-state index contributed by atoms with van der Waals surface area (Å²) >= 11 is 3.62. The molecule has 1 aromatic heterocycles. The predicted octanol–water partition coefficient (Wildman–Crippen LogP) is 5.07. The van der Waals surface area contributed by atoms with Crippen LogP contribution in [0.1, 0.15) is 44.7 Å². The largest absolute Gasteiger partial charge is 0.460 e. The van der Waals surface area contributed by atoms with Crippen LogP contribution in [0.5, 0.6) is 0 Å². The fraction of sp³-hybridized carbons (Fsp3) is 0.444. The van der Waals surface area contributed by atoms with Crippen LogP contribution in [-0.2, 0) is 30.2 Å². The van der Waals surface area contributed by atoms with Crippen LogP contribution in [-0.4, -0.2) is 59.5 Å². The fourth-order valence-corrected chi connectivity index (χ4v) is 5.53. The third-order valence-electron chi connectivity index (χ3n) is 6.36. The Morgan fingerprint density at radius 2 is 1.89 bits per heavy atom. The van der Waals surface area contributed by atoms with Gasteiger partial charge in [0.2, 0.25) is 6.79 Å². The lowest BCUT2D eigenvalue weighted by atomic mass is 9.80. The molecular weight excluding hydrogens is 528 g/mol. The summed E-state index contributed by atoms with van der Waals surface area (Å²) in [5.41, 5.74) is 3.47. The Hall–Kier alpha value is -2.91. The van der Waals surface area contributed by atoms with Gasteiger partial charge in [0, 0.05) is 23.9 Å². The molecule has 2 heterocycles. The van der Waals surface area contributed by atoms with Gasteiger partial charge in [0.15, 0.2) is 0 Å². The Morgan fingerprint density at radius 3 is 2.58 bits per heavy atom. The number of nitrogens with zero attached hydrogens (tertiary/aromatic N) is 2. The van der Waals surface area contributed by atoms with E-state index in [0.717, 1.165) is 35.0 Å². The third kappa shape index (κ3) is 5.27. The van der Waals surface area contributed by atoms with Gasteiger partial charge in [-0.25, -0.2) is 9.36 Å². The number of carbonyl (C=O) groups excluding carboxylic acids is 3. The lowest BCUT2D eigenvalue weighted by molar-refractivity contribution is -0.160. The topological polar surface area (TPSA) is 87.1 Å². The maximum atomic E-state index is 13.0. The molecule has 0 saturated carbocycles. The van der Waals surface area contributed by atoms with Crippen molar-refractivity contribution in [2.24, 2.45) is 5.92 Å². The number of rotatable bonds is 6. The van der Waals surface area contributed by atoms with Crippen LogP contribution in [0.3, 0.4) is 0 Å². The van der Waals surface area contributed by atoms with Gasteiger partial charge in [-0.05, 0) is 72.9 Å². The van der Waals surface area contributed by atoms with Crippen LogP contribution in [0.15, 0.2) is 41.5 Å². The molecule has 0 amide bonds. The number of hydrogen-bond acceptors (Lipinski definition) is 7. The monoisotopic (exact) mass is 558 g/mol. The van der Waals surface area contributed by atoms with Crippen molar-refractivity contribution in [1.29, 1.82) is 0 Å². The molecule has 9 heteroatoms. The van der Waals surface area contributed by atoms with Crippen LogP contribution in [0.2, 0.25) is 0 Å². The average molecular weight is 559 g/mol. The molecule has 0 saturated heterocycles. The Labute approximate surface area is 219 Å². The number of likely N-dealkylation sites (N-methyl/N-ethyl adjacent to an activating group) is 1. The summed E-state index contributed by atoms with van der Waals surface area (Å²) < 4.78 is 17.5. The van der Waals surface area contributed by atoms with Gasteiger partial charge in [-0.15, -0.1) is 6.58 Å². The number of carbonyl (C=O) groups is 3. The summed E-state index contributed by atoms with van der Waals surface area (Å²) in [6, 6.07) is 6.08. The highest BCUT2D eigenvalue weighted by Crippen LogP contribution is 2.44. The van der Waals surface area contributed by atoms with Gasteiger partial charge in [0.05, 0.1) is 23.0 Å². The zero-order valence-corrected chi connectivity index (χ0v) is 22.6. The average Bonchev–Trinajstić information content (AvgIpc) is 3.09. The summed E-state index contributed by atoms with van der Waals surface area (Å²) in [7, 11) is 2.11. The number of aromatic nitrogens is 1. The van der Waals surface area contributed by atoms with E-state index < -0.39 is 30.4 Å². The summed E-state index contributed by atoms with van der Waals surface area (Å²) in [5, 5.41) is 1.01. The van der Waals surface area contributed by atoms with Gasteiger partial charge < -0.3 is 14.2 Å². The maximum absolute atomic E-state index is 13.0. The lowest BCUT2D eigenvalue weighted by Crippen LogP contribution is -2.42. The number of ether oxygens (including phenoxy) is 3. The molecule has 4 rings (SSSR count). The van der Waals surface area contributed by atoms with Crippen LogP contribution >= 0.6 is 15.9 Å². The second-order valence-corrected chi connectivity index (χ2v) is 10.9. The van der Waals surface area contributed by atoms with Crippen molar-refractivity contribution < 1.29 is 28.6 Å². The van der Waals surface area contributed by atoms with E-state index in [4.69, 9.17) is 14.2 Å². The molecule has 36 heavy (non-hydrogen) atoms. The highest BCUT2D eigenvalue weighted by atomic mass is 79.9. The molecule has 0 radical (unpaired) electrons. The van der Waals surface area contributed by atoms with Crippen molar-refractivity contribution in [2.45, 2.75) is 51.7 Å². The lowest BCUT2D eigenvalue weighted by Gasteiger charge is -2.39. The molecule has 0 fully saturated rings. The Bertz CT molecular complexity index is 1260. The predicted molar refractivity (Wildman–Crippen MR) is 139 cm³/mol. The highest BCUT2D eigenvalue weighted by molar-refractivity contribution is 9.10. The van der Waals surface area contributed by atoms with E-state index in [2.05, 4.69) is 46.6 Å². The minimum absolute atomic E-state index is 0.109. The zero-order valence-electron chi connectivity index (χ0n) is 21.0. The summed E-state index contributed by atoms with van der Waals surface area (Å²) in [6.45, 7) is 9.56. The second kappa shape index (κ2) is 10.2. The molecule has 2 aliphatic rings. The molecular formula is C27H31BrN2O6. The SMILES string of the molecule is C=CC1C=C2c3cccc4c3c(c(Br)n4C(=O)OCOC(=O)CCC(=O)OC(C)(C)C)CC2N(C)C1. The van der Waals surface area contributed by atoms with E-state index in [1.807, 2.05) is 18.2 Å². The van der Waals surface area contributed by atoms with Gasteiger partial charge in [-0.1, -0.05) is 24.3 Å². The molecule has 1 aliphatic heterocycles. The Morgan fingerprint density at radius 1 is 1.17 bits per heavy atom. The van der Waals surface area contributed by atoms with Gasteiger partial charge in [0.25, 0.3) is 0 Å². The van der Waals surface area contributed by atoms with Crippen molar-refractivity contribution in [3.63, 3.8) is 0 Å².